The molecule has 1 heterocycles. The fourth-order valence-electron chi connectivity index (χ4n) is 2.08. The van der Waals surface area contributed by atoms with Crippen molar-refractivity contribution in [2.24, 2.45) is 5.92 Å². The summed E-state index contributed by atoms with van der Waals surface area (Å²) in [4.78, 5) is 16.3. The number of aromatic nitrogens is 2. The zero-order valence-electron chi connectivity index (χ0n) is 11.7. The van der Waals surface area contributed by atoms with Gasteiger partial charge in [0.25, 0.3) is 0 Å². The predicted octanol–water partition coefficient (Wildman–Crippen LogP) is 4.72. The molecule has 21 heavy (non-hydrogen) atoms. The number of imidazole rings is 1. The van der Waals surface area contributed by atoms with Crippen LogP contribution in [-0.2, 0) is 11.3 Å². The molecule has 0 fully saturated rings. The molecule has 0 bridgehead atoms. The quantitative estimate of drug-likeness (QED) is 0.760. The maximum Gasteiger partial charge on any atom is 0.152 e. The van der Waals surface area contributed by atoms with E-state index in [1.165, 1.54) is 12.1 Å². The van der Waals surface area contributed by atoms with Crippen LogP contribution in [0.4, 0.5) is 4.39 Å². The topological polar surface area (TPSA) is 34.9 Å². The molecule has 0 amide bonds. The van der Waals surface area contributed by atoms with Crippen LogP contribution in [0.25, 0.3) is 11.4 Å². The molecular formula is C15H15BrClFN2O. The van der Waals surface area contributed by atoms with Crippen molar-refractivity contribution in [3.63, 3.8) is 0 Å². The van der Waals surface area contributed by atoms with Gasteiger partial charge in [-0.05, 0) is 40.0 Å². The highest BCUT2D eigenvalue weighted by atomic mass is 79.9. The van der Waals surface area contributed by atoms with E-state index in [9.17, 15) is 9.18 Å². The van der Waals surface area contributed by atoms with Gasteiger partial charge >= 0.3 is 0 Å². The van der Waals surface area contributed by atoms with Crippen LogP contribution in [0.3, 0.4) is 0 Å². The molecule has 2 aromatic rings. The van der Waals surface area contributed by atoms with Crippen molar-refractivity contribution in [3.05, 3.63) is 39.8 Å². The molecule has 6 heteroatoms. The second-order valence-corrected chi connectivity index (χ2v) is 6.50. The van der Waals surface area contributed by atoms with E-state index >= 15 is 0 Å². The first-order valence-corrected chi connectivity index (χ1v) is 7.73. The van der Waals surface area contributed by atoms with Gasteiger partial charge in [0.1, 0.15) is 16.2 Å². The summed E-state index contributed by atoms with van der Waals surface area (Å²) in [5, 5.41) is 0.0340. The van der Waals surface area contributed by atoms with Crippen molar-refractivity contribution in [3.8, 4) is 11.4 Å². The fourth-order valence-corrected chi connectivity index (χ4v) is 2.68. The van der Waals surface area contributed by atoms with E-state index in [1.807, 2.05) is 13.8 Å². The van der Waals surface area contributed by atoms with Crippen LogP contribution in [0.15, 0.2) is 29.0 Å². The lowest BCUT2D eigenvalue weighted by molar-refractivity contribution is -0.120. The normalized spacial score (nSPS) is 11.1. The number of hydrogen-bond donors (Lipinski definition) is 0. The van der Waals surface area contributed by atoms with Crippen LogP contribution in [0.1, 0.15) is 20.3 Å². The lowest BCUT2D eigenvalue weighted by atomic mass is 10.1. The van der Waals surface area contributed by atoms with Gasteiger partial charge in [0, 0.05) is 18.2 Å². The molecular weight excluding hydrogens is 359 g/mol. The van der Waals surface area contributed by atoms with Gasteiger partial charge < -0.3 is 4.57 Å². The number of carbonyl (C=O) groups excluding carboxylic acids is 1. The maximum absolute atomic E-state index is 13.3. The van der Waals surface area contributed by atoms with E-state index < -0.39 is 5.82 Å². The smallest absolute Gasteiger partial charge is 0.152 e. The molecule has 0 saturated carbocycles. The standard InChI is InChI=1S/C15H15BrClFN2O/c1-9(2)5-11(21)7-20-8-14(16)19-15(20)10-3-4-13(18)12(17)6-10/h3-4,6,8-9H,5,7H2,1-2H3. The van der Waals surface area contributed by atoms with E-state index in [2.05, 4.69) is 20.9 Å². The molecule has 1 aromatic carbocycles. The highest BCUT2D eigenvalue weighted by molar-refractivity contribution is 9.10. The minimum Gasteiger partial charge on any atom is -0.322 e. The average molecular weight is 374 g/mol. The molecule has 3 nitrogen and oxygen atoms in total. The summed E-state index contributed by atoms with van der Waals surface area (Å²) in [7, 11) is 0. The molecule has 0 atom stereocenters. The Morgan fingerprint density at radius 1 is 1.48 bits per heavy atom. The number of ketones is 1. The van der Waals surface area contributed by atoms with Crippen LogP contribution < -0.4 is 0 Å². The second-order valence-electron chi connectivity index (χ2n) is 5.28. The average Bonchev–Trinajstić information content (AvgIpc) is 2.72. The largest absolute Gasteiger partial charge is 0.322 e. The van der Waals surface area contributed by atoms with Crippen LogP contribution in [0, 0.1) is 11.7 Å². The van der Waals surface area contributed by atoms with E-state index in [-0.39, 0.29) is 17.4 Å². The Kier molecular flexibility index (Phi) is 5.17. The number of rotatable bonds is 5. The minimum atomic E-state index is -0.478. The van der Waals surface area contributed by atoms with Crippen molar-refractivity contribution < 1.29 is 9.18 Å². The third-order valence-electron chi connectivity index (χ3n) is 2.91. The van der Waals surface area contributed by atoms with Gasteiger partial charge in [0.05, 0.1) is 11.6 Å². The lowest BCUT2D eigenvalue weighted by Crippen LogP contribution is -2.12. The summed E-state index contributed by atoms with van der Waals surface area (Å²) < 4.78 is 15.6. The van der Waals surface area contributed by atoms with Crippen LogP contribution in [0.2, 0.25) is 5.02 Å². The number of Topliss-reactive ketones (excluding diaryl/α,β-unsaturated/α-hetero) is 1. The third-order valence-corrected chi connectivity index (χ3v) is 3.58. The number of hydrogen-bond acceptors (Lipinski definition) is 2. The third kappa shape index (κ3) is 4.14. The first kappa shape index (κ1) is 16.2. The van der Waals surface area contributed by atoms with Crippen molar-refractivity contribution in [1.29, 1.82) is 0 Å². The maximum atomic E-state index is 13.3. The molecule has 0 saturated heterocycles. The van der Waals surface area contributed by atoms with Crippen molar-refractivity contribution in [2.75, 3.05) is 0 Å². The summed E-state index contributed by atoms with van der Waals surface area (Å²) in [6.45, 7) is 4.24. The molecule has 2 rings (SSSR count). The molecule has 112 valence electrons. The van der Waals surface area contributed by atoms with Crippen molar-refractivity contribution in [1.82, 2.24) is 9.55 Å². The van der Waals surface area contributed by atoms with Crippen LogP contribution >= 0.6 is 27.5 Å². The number of carbonyl (C=O) groups is 1. The Balaban J connectivity index is 2.32. The number of halogens is 3. The van der Waals surface area contributed by atoms with Crippen molar-refractivity contribution >= 4 is 33.3 Å². The summed E-state index contributed by atoms with van der Waals surface area (Å²) in [6, 6.07) is 4.40. The number of benzene rings is 1. The summed E-state index contributed by atoms with van der Waals surface area (Å²) in [5.41, 5.74) is 0.671. The zero-order valence-corrected chi connectivity index (χ0v) is 14.1. The van der Waals surface area contributed by atoms with E-state index in [0.29, 0.717) is 28.3 Å². The zero-order chi connectivity index (χ0) is 15.6. The first-order valence-electron chi connectivity index (χ1n) is 6.56. The number of nitrogens with zero attached hydrogens (tertiary/aromatic N) is 2. The molecule has 0 N–H and O–H groups in total. The minimum absolute atomic E-state index is 0.0340. The van der Waals surface area contributed by atoms with Gasteiger partial charge in [-0.2, -0.15) is 0 Å². The Bertz CT molecular complexity index is 670. The Morgan fingerprint density at radius 2 is 2.19 bits per heavy atom. The van der Waals surface area contributed by atoms with Gasteiger partial charge in [-0.15, -0.1) is 0 Å². The molecule has 0 spiro atoms. The van der Waals surface area contributed by atoms with Gasteiger partial charge in [0.15, 0.2) is 5.78 Å². The van der Waals surface area contributed by atoms with Gasteiger partial charge in [0.2, 0.25) is 0 Å². The Morgan fingerprint density at radius 3 is 2.81 bits per heavy atom. The van der Waals surface area contributed by atoms with E-state index in [1.54, 1.807) is 16.8 Å². The van der Waals surface area contributed by atoms with Crippen molar-refractivity contribution in [2.45, 2.75) is 26.8 Å². The van der Waals surface area contributed by atoms with Crippen LogP contribution in [0.5, 0.6) is 0 Å². The molecule has 1 aromatic heterocycles. The van der Waals surface area contributed by atoms with E-state index in [4.69, 9.17) is 11.6 Å². The highest BCUT2D eigenvalue weighted by Gasteiger charge is 2.14. The molecule has 0 aliphatic rings. The van der Waals surface area contributed by atoms with Gasteiger partial charge in [-0.1, -0.05) is 25.4 Å². The molecule has 0 radical (unpaired) electrons. The summed E-state index contributed by atoms with van der Waals surface area (Å²) >= 11 is 9.11. The predicted molar refractivity (Wildman–Crippen MR) is 84.8 cm³/mol. The Labute approximate surface area is 136 Å². The first-order chi connectivity index (χ1) is 9.86. The van der Waals surface area contributed by atoms with Gasteiger partial charge in [-0.25, -0.2) is 9.37 Å². The lowest BCUT2D eigenvalue weighted by Gasteiger charge is -2.09. The van der Waals surface area contributed by atoms with E-state index in [0.717, 1.165) is 0 Å². The second kappa shape index (κ2) is 6.71. The highest BCUT2D eigenvalue weighted by Crippen LogP contribution is 2.26. The summed E-state index contributed by atoms with van der Waals surface area (Å²) in [6.07, 6.45) is 2.25. The molecule has 0 unspecified atom stereocenters. The van der Waals surface area contributed by atoms with Gasteiger partial charge in [-0.3, -0.25) is 4.79 Å². The monoisotopic (exact) mass is 372 g/mol. The molecule has 0 aliphatic heterocycles. The molecule has 0 aliphatic carbocycles. The summed E-state index contributed by atoms with van der Waals surface area (Å²) in [5.74, 6) is 0.548. The SMILES string of the molecule is CC(C)CC(=O)Cn1cc(Br)nc1-c1ccc(F)c(Cl)c1. The fraction of sp³-hybridized carbons (Fsp3) is 0.333. The van der Waals surface area contributed by atoms with Crippen LogP contribution in [-0.4, -0.2) is 15.3 Å². The Hall–Kier alpha value is -1.20.